The lowest BCUT2D eigenvalue weighted by Crippen LogP contribution is -2.42. The highest BCUT2D eigenvalue weighted by Gasteiger charge is 2.21. The predicted octanol–water partition coefficient (Wildman–Crippen LogP) is 1.63. The number of aliphatic imine (C=N–C) groups is 1. The number of guanidine groups is 1. The second-order valence-corrected chi connectivity index (χ2v) is 10.2. The smallest absolute Gasteiger partial charge is 0.191 e. The van der Waals surface area contributed by atoms with Gasteiger partial charge in [0.05, 0.1) is 24.1 Å². The normalized spacial score (nSPS) is 21.2. The Kier molecular flexibility index (Phi) is 7.77. The van der Waals surface area contributed by atoms with Crippen molar-refractivity contribution in [1.82, 2.24) is 15.5 Å². The SMILES string of the molecule is CCNC(=NCCN1CCS(=O)(=O)CC1)NC(C)c1cccc(N2CCCC2)c1. The summed E-state index contributed by atoms with van der Waals surface area (Å²) in [6, 6.07) is 8.92. The first-order valence-electron chi connectivity index (χ1n) is 10.8. The predicted molar refractivity (Wildman–Crippen MR) is 121 cm³/mol. The lowest BCUT2D eigenvalue weighted by Gasteiger charge is -2.26. The van der Waals surface area contributed by atoms with Crippen LogP contribution in [0.5, 0.6) is 0 Å². The average Bonchev–Trinajstić information content (AvgIpc) is 3.24. The van der Waals surface area contributed by atoms with Gasteiger partial charge in [0, 0.05) is 45.0 Å². The summed E-state index contributed by atoms with van der Waals surface area (Å²) in [5.74, 6) is 1.33. The van der Waals surface area contributed by atoms with Crippen LogP contribution in [0.3, 0.4) is 0 Å². The molecule has 0 amide bonds. The largest absolute Gasteiger partial charge is 0.372 e. The van der Waals surface area contributed by atoms with Crippen molar-refractivity contribution in [2.45, 2.75) is 32.7 Å². The fraction of sp³-hybridized carbons (Fsp3) is 0.667. The minimum absolute atomic E-state index is 0.149. The van der Waals surface area contributed by atoms with Crippen LogP contribution < -0.4 is 15.5 Å². The van der Waals surface area contributed by atoms with E-state index in [2.05, 4.69) is 58.5 Å². The zero-order valence-corrected chi connectivity index (χ0v) is 18.5. The molecule has 2 heterocycles. The van der Waals surface area contributed by atoms with Crippen molar-refractivity contribution in [2.75, 3.05) is 62.2 Å². The molecule has 29 heavy (non-hydrogen) atoms. The van der Waals surface area contributed by atoms with Gasteiger partial charge >= 0.3 is 0 Å². The molecule has 0 spiro atoms. The Morgan fingerprint density at radius 2 is 1.90 bits per heavy atom. The van der Waals surface area contributed by atoms with Crippen molar-refractivity contribution >= 4 is 21.5 Å². The Labute approximate surface area is 175 Å². The first-order valence-corrected chi connectivity index (χ1v) is 12.6. The van der Waals surface area contributed by atoms with Gasteiger partial charge in [0.1, 0.15) is 0 Å². The van der Waals surface area contributed by atoms with E-state index in [0.29, 0.717) is 19.6 Å². The Bertz CT molecular complexity index is 776. The van der Waals surface area contributed by atoms with E-state index in [9.17, 15) is 8.42 Å². The van der Waals surface area contributed by atoms with Crippen LogP contribution >= 0.6 is 0 Å². The van der Waals surface area contributed by atoms with Crippen LogP contribution in [0.2, 0.25) is 0 Å². The molecule has 1 atom stereocenters. The number of benzene rings is 1. The number of nitrogens with zero attached hydrogens (tertiary/aromatic N) is 3. The maximum atomic E-state index is 11.6. The molecule has 1 aromatic carbocycles. The Morgan fingerprint density at radius 1 is 1.17 bits per heavy atom. The second kappa shape index (κ2) is 10.3. The first-order chi connectivity index (χ1) is 14.0. The Hall–Kier alpha value is -1.80. The molecule has 2 fully saturated rings. The third-order valence-electron chi connectivity index (χ3n) is 5.66. The van der Waals surface area contributed by atoms with Gasteiger partial charge in [-0.15, -0.1) is 0 Å². The molecule has 3 rings (SSSR count). The molecular weight excluding hydrogens is 386 g/mol. The van der Waals surface area contributed by atoms with Gasteiger partial charge < -0.3 is 15.5 Å². The molecule has 2 saturated heterocycles. The van der Waals surface area contributed by atoms with Crippen molar-refractivity contribution in [3.63, 3.8) is 0 Å². The summed E-state index contributed by atoms with van der Waals surface area (Å²) in [5, 5.41) is 6.83. The number of hydrogen-bond acceptors (Lipinski definition) is 5. The van der Waals surface area contributed by atoms with Crippen molar-refractivity contribution in [3.05, 3.63) is 29.8 Å². The van der Waals surface area contributed by atoms with Crippen LogP contribution in [0, 0.1) is 0 Å². The summed E-state index contributed by atoms with van der Waals surface area (Å²) < 4.78 is 23.1. The molecule has 0 bridgehead atoms. The molecule has 0 aliphatic carbocycles. The Morgan fingerprint density at radius 3 is 2.59 bits per heavy atom. The number of nitrogens with one attached hydrogen (secondary N) is 2. The van der Waals surface area contributed by atoms with Crippen molar-refractivity contribution in [1.29, 1.82) is 0 Å². The lowest BCUT2D eigenvalue weighted by molar-refractivity contribution is 0.304. The van der Waals surface area contributed by atoms with Gasteiger partial charge in [-0.3, -0.25) is 9.89 Å². The van der Waals surface area contributed by atoms with Crippen LogP contribution in [0.25, 0.3) is 0 Å². The highest BCUT2D eigenvalue weighted by atomic mass is 32.2. The van der Waals surface area contributed by atoms with Crippen molar-refractivity contribution < 1.29 is 8.42 Å². The van der Waals surface area contributed by atoms with E-state index in [-0.39, 0.29) is 17.5 Å². The highest BCUT2D eigenvalue weighted by molar-refractivity contribution is 7.91. The monoisotopic (exact) mass is 421 g/mol. The van der Waals surface area contributed by atoms with Gasteiger partial charge in [-0.05, 0) is 44.4 Å². The minimum Gasteiger partial charge on any atom is -0.372 e. The van der Waals surface area contributed by atoms with E-state index in [4.69, 9.17) is 4.99 Å². The summed E-state index contributed by atoms with van der Waals surface area (Å²) in [7, 11) is -2.83. The molecule has 1 aromatic rings. The molecule has 1 unspecified atom stereocenters. The maximum absolute atomic E-state index is 11.6. The van der Waals surface area contributed by atoms with Crippen LogP contribution in [0.1, 0.15) is 38.3 Å². The fourth-order valence-electron chi connectivity index (χ4n) is 3.85. The van der Waals surface area contributed by atoms with Gasteiger partial charge in [-0.25, -0.2) is 8.42 Å². The highest BCUT2D eigenvalue weighted by Crippen LogP contribution is 2.23. The van der Waals surface area contributed by atoms with Crippen LogP contribution in [-0.2, 0) is 9.84 Å². The van der Waals surface area contributed by atoms with E-state index in [1.165, 1.54) is 24.1 Å². The second-order valence-electron chi connectivity index (χ2n) is 7.91. The maximum Gasteiger partial charge on any atom is 0.191 e. The molecule has 2 aliphatic heterocycles. The van der Waals surface area contributed by atoms with Gasteiger partial charge in [0.2, 0.25) is 0 Å². The van der Waals surface area contributed by atoms with Gasteiger partial charge in [-0.2, -0.15) is 0 Å². The van der Waals surface area contributed by atoms with Gasteiger partial charge in [0.15, 0.2) is 15.8 Å². The van der Waals surface area contributed by atoms with Gasteiger partial charge in [-0.1, -0.05) is 12.1 Å². The summed E-state index contributed by atoms with van der Waals surface area (Å²) >= 11 is 0. The minimum atomic E-state index is -2.83. The number of sulfone groups is 1. The molecule has 0 saturated carbocycles. The zero-order valence-electron chi connectivity index (χ0n) is 17.7. The molecule has 2 N–H and O–H groups in total. The number of anilines is 1. The van der Waals surface area contributed by atoms with Crippen molar-refractivity contribution in [3.8, 4) is 0 Å². The van der Waals surface area contributed by atoms with E-state index < -0.39 is 9.84 Å². The summed E-state index contributed by atoms with van der Waals surface area (Å²) in [6.07, 6.45) is 2.55. The van der Waals surface area contributed by atoms with E-state index >= 15 is 0 Å². The summed E-state index contributed by atoms with van der Waals surface area (Å²) in [4.78, 5) is 9.33. The standard InChI is InChI=1S/C21H35N5O2S/c1-3-22-21(23-9-12-25-13-15-29(27,28)16-14-25)24-18(2)19-7-6-8-20(17-19)26-10-4-5-11-26/h6-8,17-18H,3-5,9-16H2,1-2H3,(H2,22,23,24). The summed E-state index contributed by atoms with van der Waals surface area (Å²) in [6.45, 7) is 9.97. The van der Waals surface area contributed by atoms with E-state index in [1.54, 1.807) is 0 Å². The topological polar surface area (TPSA) is 77.0 Å². The third kappa shape index (κ3) is 6.60. The molecule has 7 nitrogen and oxygen atoms in total. The quantitative estimate of drug-likeness (QED) is 0.515. The molecule has 8 heteroatoms. The van der Waals surface area contributed by atoms with E-state index in [1.807, 2.05) is 0 Å². The van der Waals surface area contributed by atoms with Crippen LogP contribution in [-0.4, -0.2) is 76.6 Å². The number of rotatable bonds is 7. The zero-order chi connectivity index (χ0) is 20.7. The van der Waals surface area contributed by atoms with Gasteiger partial charge in [0.25, 0.3) is 0 Å². The average molecular weight is 422 g/mol. The fourth-order valence-corrected chi connectivity index (χ4v) is 5.13. The first kappa shape index (κ1) is 21.9. The molecular formula is C21H35N5O2S. The molecule has 0 radical (unpaired) electrons. The van der Waals surface area contributed by atoms with E-state index in [0.717, 1.165) is 32.1 Å². The third-order valence-corrected chi connectivity index (χ3v) is 7.27. The van der Waals surface area contributed by atoms with Crippen LogP contribution in [0.4, 0.5) is 5.69 Å². The van der Waals surface area contributed by atoms with Crippen molar-refractivity contribution in [2.24, 2.45) is 4.99 Å². The van der Waals surface area contributed by atoms with Crippen LogP contribution in [0.15, 0.2) is 29.3 Å². The summed E-state index contributed by atoms with van der Waals surface area (Å²) in [5.41, 5.74) is 2.55. The molecule has 2 aliphatic rings. The lowest BCUT2D eigenvalue weighted by atomic mass is 10.1. The molecule has 162 valence electrons. The Balaban J connectivity index is 1.55. The molecule has 0 aromatic heterocycles. The number of hydrogen-bond donors (Lipinski definition) is 2.